The lowest BCUT2D eigenvalue weighted by Gasteiger charge is -1.98. The third-order valence-electron chi connectivity index (χ3n) is 2.63. The summed E-state index contributed by atoms with van der Waals surface area (Å²) in [6.45, 7) is 6.01. The van der Waals surface area contributed by atoms with Gasteiger partial charge >= 0.3 is 0 Å². The van der Waals surface area contributed by atoms with Gasteiger partial charge < -0.3 is 10.2 Å². The van der Waals surface area contributed by atoms with Gasteiger partial charge in [-0.25, -0.2) is 0 Å². The number of nitrogens with two attached hydrogens (primary N) is 1. The molecule has 2 rings (SSSR count). The Morgan fingerprint density at radius 3 is 2.53 bits per heavy atom. The molecule has 17 heavy (non-hydrogen) atoms. The number of aromatic nitrogens is 4. The molecule has 6 nitrogen and oxygen atoms in total. The third kappa shape index (κ3) is 1.90. The van der Waals surface area contributed by atoms with Crippen LogP contribution in [0, 0.1) is 0 Å². The van der Waals surface area contributed by atoms with E-state index < -0.39 is 0 Å². The van der Waals surface area contributed by atoms with Crippen molar-refractivity contribution >= 4 is 5.69 Å². The molecule has 0 radical (unpaired) electrons. The molecule has 0 spiro atoms. The first-order valence-corrected chi connectivity index (χ1v) is 5.69. The molecule has 6 heteroatoms. The summed E-state index contributed by atoms with van der Waals surface area (Å²) in [5.41, 5.74) is 8.19. The van der Waals surface area contributed by atoms with E-state index >= 15 is 0 Å². The monoisotopic (exact) mass is 235 g/mol. The van der Waals surface area contributed by atoms with Gasteiger partial charge in [-0.15, -0.1) is 10.2 Å². The minimum Gasteiger partial charge on any atom is -0.419 e. The van der Waals surface area contributed by atoms with Crippen LogP contribution in [0.4, 0.5) is 5.69 Å². The Hall–Kier alpha value is -1.85. The van der Waals surface area contributed by atoms with Crippen molar-refractivity contribution in [2.75, 3.05) is 5.73 Å². The summed E-state index contributed by atoms with van der Waals surface area (Å²) in [7, 11) is 1.82. The molecular formula is C11H17N5O. The van der Waals surface area contributed by atoms with E-state index in [1.807, 2.05) is 27.8 Å². The van der Waals surface area contributed by atoms with Crippen LogP contribution in [-0.2, 0) is 13.5 Å². The Kier molecular flexibility index (Phi) is 2.87. The average Bonchev–Trinajstić information content (AvgIpc) is 2.83. The Morgan fingerprint density at radius 1 is 1.35 bits per heavy atom. The van der Waals surface area contributed by atoms with Gasteiger partial charge in [0.05, 0.1) is 11.4 Å². The zero-order valence-electron chi connectivity index (χ0n) is 10.6. The lowest BCUT2D eigenvalue weighted by atomic mass is 10.2. The van der Waals surface area contributed by atoms with Gasteiger partial charge in [-0.2, -0.15) is 5.10 Å². The summed E-state index contributed by atoms with van der Waals surface area (Å²) < 4.78 is 7.27. The number of anilines is 1. The summed E-state index contributed by atoms with van der Waals surface area (Å²) in [5.74, 6) is 1.25. The molecule has 2 aromatic heterocycles. The van der Waals surface area contributed by atoms with Crippen LogP contribution in [0.1, 0.15) is 38.3 Å². The Bertz CT molecular complexity index is 526. The predicted octanol–water partition coefficient (Wildman–Crippen LogP) is 1.74. The topological polar surface area (TPSA) is 82.8 Å². The highest BCUT2D eigenvalue weighted by molar-refractivity contribution is 5.68. The Morgan fingerprint density at radius 2 is 2.06 bits per heavy atom. The summed E-state index contributed by atoms with van der Waals surface area (Å²) >= 11 is 0. The molecule has 0 aliphatic rings. The standard InChI is InChI=1S/C11H17N5O/c1-5-7-8(12)9(16(4)15-7)11-14-13-10(17-11)6(2)3/h6H,5,12H2,1-4H3. The number of nitrogens with zero attached hydrogens (tertiary/aromatic N) is 4. The molecule has 0 aliphatic carbocycles. The normalized spacial score (nSPS) is 11.4. The van der Waals surface area contributed by atoms with Gasteiger partial charge in [0, 0.05) is 13.0 Å². The minimum atomic E-state index is 0.205. The summed E-state index contributed by atoms with van der Waals surface area (Å²) in [4.78, 5) is 0. The lowest BCUT2D eigenvalue weighted by Crippen LogP contribution is -1.95. The Labute approximate surface area is 99.8 Å². The van der Waals surface area contributed by atoms with Gasteiger partial charge in [0.1, 0.15) is 5.69 Å². The smallest absolute Gasteiger partial charge is 0.268 e. The van der Waals surface area contributed by atoms with E-state index in [9.17, 15) is 0 Å². The van der Waals surface area contributed by atoms with E-state index in [0.29, 0.717) is 23.2 Å². The molecule has 92 valence electrons. The van der Waals surface area contributed by atoms with Crippen LogP contribution >= 0.6 is 0 Å². The first-order valence-electron chi connectivity index (χ1n) is 5.69. The van der Waals surface area contributed by atoms with E-state index in [1.54, 1.807) is 4.68 Å². The molecule has 2 N–H and O–H groups in total. The molecule has 0 aliphatic heterocycles. The zero-order valence-corrected chi connectivity index (χ0v) is 10.6. The molecule has 2 aromatic rings. The van der Waals surface area contributed by atoms with Crippen molar-refractivity contribution in [2.24, 2.45) is 7.05 Å². The van der Waals surface area contributed by atoms with Gasteiger partial charge in [-0.1, -0.05) is 20.8 Å². The predicted molar refractivity (Wildman–Crippen MR) is 64.4 cm³/mol. The Balaban J connectivity index is 2.48. The van der Waals surface area contributed by atoms with Crippen LogP contribution in [0.5, 0.6) is 0 Å². The van der Waals surface area contributed by atoms with E-state index in [1.165, 1.54) is 0 Å². The molecule has 0 saturated carbocycles. The fraction of sp³-hybridized carbons (Fsp3) is 0.545. The van der Waals surface area contributed by atoms with Crippen molar-refractivity contribution in [1.29, 1.82) is 0 Å². The number of hydrogen-bond acceptors (Lipinski definition) is 5. The molecular weight excluding hydrogens is 218 g/mol. The third-order valence-corrected chi connectivity index (χ3v) is 2.63. The molecule has 0 amide bonds. The fourth-order valence-corrected chi connectivity index (χ4v) is 1.67. The van der Waals surface area contributed by atoms with Crippen molar-refractivity contribution in [3.8, 4) is 11.6 Å². The lowest BCUT2D eigenvalue weighted by molar-refractivity contribution is 0.477. The molecule has 0 fully saturated rings. The molecule has 0 bridgehead atoms. The summed E-state index contributed by atoms with van der Waals surface area (Å²) in [5, 5.41) is 12.3. The largest absolute Gasteiger partial charge is 0.419 e. The minimum absolute atomic E-state index is 0.205. The van der Waals surface area contributed by atoms with Crippen LogP contribution < -0.4 is 5.73 Å². The van der Waals surface area contributed by atoms with Crippen molar-refractivity contribution in [1.82, 2.24) is 20.0 Å². The molecule has 0 unspecified atom stereocenters. The van der Waals surface area contributed by atoms with Gasteiger partial charge in [-0.05, 0) is 6.42 Å². The van der Waals surface area contributed by atoms with Crippen molar-refractivity contribution in [2.45, 2.75) is 33.1 Å². The fourth-order valence-electron chi connectivity index (χ4n) is 1.67. The molecule has 0 saturated heterocycles. The van der Waals surface area contributed by atoms with Gasteiger partial charge in [0.2, 0.25) is 5.89 Å². The second-order valence-electron chi connectivity index (χ2n) is 4.29. The van der Waals surface area contributed by atoms with Crippen molar-refractivity contribution in [3.63, 3.8) is 0 Å². The zero-order chi connectivity index (χ0) is 12.6. The first-order chi connectivity index (χ1) is 8.04. The highest BCUT2D eigenvalue weighted by Gasteiger charge is 2.20. The quantitative estimate of drug-likeness (QED) is 0.876. The maximum Gasteiger partial charge on any atom is 0.268 e. The van der Waals surface area contributed by atoms with Gasteiger partial charge in [0.25, 0.3) is 5.89 Å². The first kappa shape index (κ1) is 11.6. The maximum absolute atomic E-state index is 6.02. The highest BCUT2D eigenvalue weighted by Crippen LogP contribution is 2.28. The summed E-state index contributed by atoms with van der Waals surface area (Å²) in [6.07, 6.45) is 0.783. The summed E-state index contributed by atoms with van der Waals surface area (Å²) in [6, 6.07) is 0. The highest BCUT2D eigenvalue weighted by atomic mass is 16.4. The van der Waals surface area contributed by atoms with E-state index in [4.69, 9.17) is 10.2 Å². The number of nitrogen functional groups attached to an aromatic ring is 1. The van der Waals surface area contributed by atoms with Crippen LogP contribution in [0.25, 0.3) is 11.6 Å². The molecule has 0 aromatic carbocycles. The van der Waals surface area contributed by atoms with E-state index in [0.717, 1.165) is 12.1 Å². The second kappa shape index (κ2) is 4.20. The SMILES string of the molecule is CCc1nn(C)c(-c2nnc(C(C)C)o2)c1N. The van der Waals surface area contributed by atoms with Crippen LogP contribution in [0.3, 0.4) is 0 Å². The maximum atomic E-state index is 6.02. The molecule has 0 atom stereocenters. The molecule has 2 heterocycles. The van der Waals surface area contributed by atoms with Crippen molar-refractivity contribution < 1.29 is 4.42 Å². The van der Waals surface area contributed by atoms with E-state index in [-0.39, 0.29) is 5.92 Å². The van der Waals surface area contributed by atoms with Crippen LogP contribution in [-0.4, -0.2) is 20.0 Å². The van der Waals surface area contributed by atoms with Crippen LogP contribution in [0.15, 0.2) is 4.42 Å². The van der Waals surface area contributed by atoms with Crippen LogP contribution in [0.2, 0.25) is 0 Å². The van der Waals surface area contributed by atoms with E-state index in [2.05, 4.69) is 15.3 Å². The van der Waals surface area contributed by atoms with Gasteiger partial charge in [0.15, 0.2) is 0 Å². The second-order valence-corrected chi connectivity index (χ2v) is 4.29. The number of aryl methyl sites for hydroxylation is 2. The van der Waals surface area contributed by atoms with Crippen molar-refractivity contribution in [3.05, 3.63) is 11.6 Å². The average molecular weight is 235 g/mol. The van der Waals surface area contributed by atoms with Gasteiger partial charge in [-0.3, -0.25) is 4.68 Å². The number of rotatable bonds is 3. The number of hydrogen-bond donors (Lipinski definition) is 1.